The summed E-state index contributed by atoms with van der Waals surface area (Å²) in [6.45, 7) is 10.8. The normalized spacial score (nSPS) is 25.1. The number of benzene rings is 5. The first-order chi connectivity index (χ1) is 67.5. The highest BCUT2D eigenvalue weighted by atomic mass is 19.1. The Morgan fingerprint density at radius 1 is 0.436 bits per heavy atom. The highest BCUT2D eigenvalue weighted by molar-refractivity contribution is 5.99. The standard InChI is InChI=1S/C22H23N3O4.C22H21N3O3.C21H25FN4O3.C19H19FN4O4.C19H18N4O3/c1-12-5-8-23-21-14(12)7-10-25(21)15-11-17(20(27)19(15)26)29-16-4-2-3-13-6-9-24-22(28)18(13)16;1-13-5-9-24-22-15(13)7-10-25(22)17-11-19(21(27)20(17)26)28-18-4-2-3-14-6-8-23-12-16(14)18;1-12-15-6-7-26(21(15)24-11-23-12)16-9-18(20(28)19(16)27)29-17-5-4-14(22)8-13(17)10-25(2)3;1-9-11-4-5-24(19(11)23-8-22-9)13-7-15(17(26)16(13)25)28-14-3-2-10(20)6-12(14)18(21)27;1-11-13-6-7-23(19(13)22-10-21-11)14-8-16(18(25)17(14)24)26-15-5-3-2-4-12(15)9-20/h2-5,7-8,10,15,17,19-20,26-27H,6,9,11H2,1H3,(H,24,28);2-10,12,17,19-21,26-27H,11H2,1H3;4-8,11,16,18-20,27-28H,9-10H2,1-3H3;2-6,8,13,15-17,25-26H,7H2,1H3,(H2,21,27);2-7,10,14,16-18,24-25H,8H2,1H3/t15?,17?,19-,20+;17?,19?,20-,21+;16?,18?,19-,20+;13?,15?,16-,17+;14-,16+,17?,18?/m00000/s1. The fourth-order valence-corrected chi connectivity index (χ4v) is 19.9. The number of fused-ring (bicyclic) bond motifs is 7. The van der Waals surface area contributed by atoms with Crippen LogP contribution in [0.1, 0.15) is 128 Å². The van der Waals surface area contributed by atoms with Crippen molar-refractivity contribution in [2.75, 3.05) is 20.6 Å². The number of rotatable bonds is 18. The van der Waals surface area contributed by atoms with Gasteiger partial charge in [-0.3, -0.25) is 14.6 Å². The van der Waals surface area contributed by atoms with E-state index >= 15 is 0 Å². The quantitative estimate of drug-likeness (QED) is 0.0380. The van der Waals surface area contributed by atoms with E-state index < -0.39 is 109 Å². The second-order valence-corrected chi connectivity index (χ2v) is 36.4. The molecule has 37 heteroatoms. The molecular formula is C103H106F2N18O17. The van der Waals surface area contributed by atoms with Crippen molar-refractivity contribution in [1.29, 1.82) is 5.26 Å². The maximum Gasteiger partial charge on any atom is 0.255 e. The number of ether oxygens (including phenoxy) is 5. The molecule has 724 valence electrons. The number of aliphatic hydroxyl groups excluding tert-OH is 10. The van der Waals surface area contributed by atoms with Gasteiger partial charge in [-0.05, 0) is 186 Å². The van der Waals surface area contributed by atoms with Crippen LogP contribution < -0.4 is 34.7 Å². The average molecular weight is 1910 g/mol. The average Bonchev–Trinajstić information content (AvgIpc) is 1.62. The van der Waals surface area contributed by atoms with Gasteiger partial charge < -0.3 is 114 Å². The first kappa shape index (κ1) is 95.9. The van der Waals surface area contributed by atoms with Crippen molar-refractivity contribution in [3.05, 3.63) is 288 Å². The number of nitriles is 1. The summed E-state index contributed by atoms with van der Waals surface area (Å²) in [6, 6.07) is 41.5. The summed E-state index contributed by atoms with van der Waals surface area (Å²) in [5, 5.41) is 125. The number of primary amides is 1. The molecule has 5 saturated carbocycles. The first-order valence-electron chi connectivity index (χ1n) is 46.1. The maximum absolute atomic E-state index is 13.7. The molecule has 0 saturated heterocycles. The molecule has 1 aliphatic heterocycles. The summed E-state index contributed by atoms with van der Waals surface area (Å²) in [5.41, 5.74) is 16.1. The molecule has 16 aromatic rings. The number of pyridine rings is 3. The Labute approximate surface area is 800 Å². The van der Waals surface area contributed by atoms with Crippen molar-refractivity contribution in [3.63, 3.8) is 0 Å². The van der Waals surface area contributed by atoms with Gasteiger partial charge in [0.05, 0.1) is 64.0 Å². The number of hydrogen-bond donors (Lipinski definition) is 12. The number of amides is 2. The smallest absolute Gasteiger partial charge is 0.255 e. The van der Waals surface area contributed by atoms with Gasteiger partial charge in [0.2, 0.25) is 0 Å². The molecule has 10 unspecified atom stereocenters. The number of carbonyl (C=O) groups excluding carboxylic acids is 2. The third-order valence-corrected chi connectivity index (χ3v) is 27.4. The number of aryl methyl sites for hydroxylation is 5. The number of para-hydroxylation sites is 1. The van der Waals surface area contributed by atoms with Crippen molar-refractivity contribution in [1.82, 2.24) is 77.9 Å². The van der Waals surface area contributed by atoms with Gasteiger partial charge >= 0.3 is 0 Å². The molecule has 11 aromatic heterocycles. The van der Waals surface area contributed by atoms with Crippen LogP contribution in [0.15, 0.2) is 220 Å². The Bertz CT molecular complexity index is 7290. The molecule has 0 radical (unpaired) electrons. The SMILES string of the molecule is Cc1ccnc2c1ccn2C1CC(Oc2cccc3c2C(=O)NCC3)[C@@H](O)[C@H]1O.Cc1ccnc2c1ccn2C1CC(Oc2cccc3ccncc23)[C@@H](O)[C@H]1O.Cc1ncnc2c1ccn2C1CC(Oc2ccc(F)cc2C(N)=O)[C@@H](O)[C@H]1O.Cc1ncnc2c1ccn2C1CC(Oc2ccc(F)cc2CN(C)C)[C@@H](O)[C@H]1O.Cc1ncnc2c1ccn2[C@H]1C[C@@H](Oc2ccccc2C#N)C(O)C1O. The van der Waals surface area contributed by atoms with Crippen LogP contribution in [0.4, 0.5) is 8.78 Å². The number of nitrogens with one attached hydrogen (secondary N) is 1. The van der Waals surface area contributed by atoms with E-state index in [-0.39, 0.29) is 53.6 Å². The molecule has 5 aliphatic carbocycles. The van der Waals surface area contributed by atoms with Crippen molar-refractivity contribution in [2.45, 2.75) is 201 Å². The number of aliphatic hydroxyl groups is 10. The minimum atomic E-state index is -1.21. The lowest BCUT2D eigenvalue weighted by atomic mass is 9.99. The Balaban J connectivity index is 0.000000116. The van der Waals surface area contributed by atoms with Crippen LogP contribution in [0.3, 0.4) is 0 Å². The molecular weight excluding hydrogens is 1800 g/mol. The van der Waals surface area contributed by atoms with Crippen molar-refractivity contribution >= 4 is 77.8 Å². The van der Waals surface area contributed by atoms with Gasteiger partial charge in [0.15, 0.2) is 0 Å². The Morgan fingerprint density at radius 2 is 0.829 bits per heavy atom. The van der Waals surface area contributed by atoms with E-state index in [0.29, 0.717) is 95.4 Å². The number of nitrogens with zero attached hydrogens (tertiary/aromatic N) is 16. The minimum absolute atomic E-state index is 0.0568. The monoisotopic (exact) mass is 1900 g/mol. The molecule has 12 heterocycles. The lowest BCUT2D eigenvalue weighted by molar-refractivity contribution is -0.0167. The molecule has 35 nitrogen and oxygen atoms in total. The van der Waals surface area contributed by atoms with Crippen LogP contribution in [0, 0.1) is 57.6 Å². The highest BCUT2D eigenvalue weighted by Crippen LogP contribution is 2.45. The molecule has 0 spiro atoms. The summed E-state index contributed by atoms with van der Waals surface area (Å²) in [7, 11) is 3.78. The van der Waals surface area contributed by atoms with Gasteiger partial charge in [0.1, 0.15) is 185 Å². The van der Waals surface area contributed by atoms with E-state index in [1.807, 2.05) is 176 Å². The molecule has 5 aromatic carbocycles. The zero-order valence-electron chi connectivity index (χ0n) is 77.3. The highest BCUT2D eigenvalue weighted by Gasteiger charge is 2.50. The van der Waals surface area contributed by atoms with E-state index in [4.69, 9.17) is 29.4 Å². The Morgan fingerprint density at radius 3 is 1.29 bits per heavy atom. The third kappa shape index (κ3) is 19.0. The fraction of sp³-hybridized carbons (Fsp3) is 0.340. The van der Waals surface area contributed by atoms with Crippen LogP contribution in [0.5, 0.6) is 28.7 Å². The van der Waals surface area contributed by atoms with Crippen LogP contribution >= 0.6 is 0 Å². The molecule has 2 amide bonds. The van der Waals surface area contributed by atoms with Crippen LogP contribution in [0.2, 0.25) is 0 Å². The van der Waals surface area contributed by atoms with Crippen LogP contribution in [-0.2, 0) is 13.0 Å². The molecule has 22 rings (SSSR count). The van der Waals surface area contributed by atoms with Gasteiger partial charge in [-0.25, -0.2) is 48.7 Å². The summed E-state index contributed by atoms with van der Waals surface area (Å²) in [4.78, 5) is 64.4. The molecule has 0 bridgehead atoms. The van der Waals surface area contributed by atoms with E-state index in [2.05, 4.69) is 56.2 Å². The number of carbonyl (C=O) groups is 2. The van der Waals surface area contributed by atoms with Gasteiger partial charge in [-0.1, -0.05) is 36.4 Å². The first-order valence-corrected chi connectivity index (χ1v) is 46.1. The maximum atomic E-state index is 13.7. The van der Waals surface area contributed by atoms with Crippen LogP contribution in [0.25, 0.3) is 65.9 Å². The molecule has 20 atom stereocenters. The largest absolute Gasteiger partial charge is 0.487 e. The zero-order chi connectivity index (χ0) is 98.3. The topological polar surface area (TPSA) is 488 Å². The number of nitrogens with two attached hydrogens (primary N) is 1. The molecule has 140 heavy (non-hydrogen) atoms. The summed E-state index contributed by atoms with van der Waals surface area (Å²) in [6.07, 6.45) is 9.76. The van der Waals surface area contributed by atoms with Gasteiger partial charge in [-0.2, -0.15) is 5.26 Å². The van der Waals surface area contributed by atoms with Crippen molar-refractivity contribution in [2.24, 2.45) is 5.73 Å². The lowest BCUT2D eigenvalue weighted by Crippen LogP contribution is -2.36. The van der Waals surface area contributed by atoms with Gasteiger partial charge in [0, 0.05) is 139 Å². The predicted molar refractivity (Wildman–Crippen MR) is 510 cm³/mol. The molecule has 13 N–H and O–H groups in total. The van der Waals surface area contributed by atoms with E-state index in [9.17, 15) is 74.7 Å². The minimum Gasteiger partial charge on any atom is -0.487 e. The second kappa shape index (κ2) is 40.6. The summed E-state index contributed by atoms with van der Waals surface area (Å²) < 4.78 is 66.4. The van der Waals surface area contributed by atoms with Crippen molar-refractivity contribution < 1.29 is 93.1 Å². The summed E-state index contributed by atoms with van der Waals surface area (Å²) in [5.74, 6) is 0.103. The van der Waals surface area contributed by atoms with Crippen LogP contribution in [-0.4, -0.2) is 248 Å². The zero-order valence-corrected chi connectivity index (χ0v) is 77.3. The molecule has 6 aliphatic rings. The molecule has 5 fully saturated rings. The predicted octanol–water partition coefficient (Wildman–Crippen LogP) is 9.62. The Kier molecular flexibility index (Phi) is 27.8. The number of aromatic nitrogens is 14. The van der Waals surface area contributed by atoms with E-state index in [1.165, 1.54) is 37.2 Å². The van der Waals surface area contributed by atoms with E-state index in [0.717, 1.165) is 101 Å². The fourth-order valence-electron chi connectivity index (χ4n) is 19.9. The Hall–Kier alpha value is -14.4. The summed E-state index contributed by atoms with van der Waals surface area (Å²) >= 11 is 0. The van der Waals surface area contributed by atoms with Gasteiger partial charge in [-0.15, -0.1) is 0 Å². The van der Waals surface area contributed by atoms with E-state index in [1.54, 1.807) is 71.9 Å². The number of hydrogen-bond acceptors (Lipinski definition) is 28. The third-order valence-electron chi connectivity index (χ3n) is 27.4. The van der Waals surface area contributed by atoms with Crippen molar-refractivity contribution in [3.8, 4) is 34.8 Å². The lowest BCUT2D eigenvalue weighted by Gasteiger charge is -2.23. The second-order valence-electron chi connectivity index (χ2n) is 36.4. The van der Waals surface area contributed by atoms with Gasteiger partial charge in [0.25, 0.3) is 11.8 Å². The number of halogens is 2.